The standard InChI is InChI=1S/C10H12FNO2/c1-10(12-2,9(13)14)7-3-5-8(11)6-4-7/h3-6,12H,1-2H3,(H,13,14)/t10-/m1/s1. The Morgan fingerprint density at radius 2 is 1.93 bits per heavy atom. The third-order valence-electron chi connectivity index (χ3n) is 2.35. The molecule has 4 heteroatoms. The number of hydrogen-bond donors (Lipinski definition) is 2. The second-order valence-corrected chi connectivity index (χ2v) is 3.19. The van der Waals surface area contributed by atoms with Gasteiger partial charge in [0, 0.05) is 0 Å². The van der Waals surface area contributed by atoms with Gasteiger partial charge in [-0.25, -0.2) is 9.18 Å². The van der Waals surface area contributed by atoms with Gasteiger partial charge in [0.25, 0.3) is 0 Å². The van der Waals surface area contributed by atoms with Gasteiger partial charge in [0.05, 0.1) is 0 Å². The van der Waals surface area contributed by atoms with Crippen molar-refractivity contribution in [2.24, 2.45) is 0 Å². The molecule has 1 atom stereocenters. The van der Waals surface area contributed by atoms with Crippen LogP contribution in [-0.2, 0) is 10.3 Å². The minimum absolute atomic E-state index is 0.377. The summed E-state index contributed by atoms with van der Waals surface area (Å²) in [6.07, 6.45) is 0. The molecule has 0 saturated carbocycles. The molecule has 0 saturated heterocycles. The highest BCUT2D eigenvalue weighted by atomic mass is 19.1. The Balaban J connectivity index is 3.13. The smallest absolute Gasteiger partial charge is 0.328 e. The van der Waals surface area contributed by atoms with Crippen LogP contribution in [0, 0.1) is 5.82 Å². The second-order valence-electron chi connectivity index (χ2n) is 3.19. The molecule has 0 aliphatic heterocycles. The molecule has 0 aliphatic rings. The fourth-order valence-electron chi connectivity index (χ4n) is 1.16. The lowest BCUT2D eigenvalue weighted by atomic mass is 9.92. The molecule has 1 aromatic carbocycles. The Kier molecular flexibility index (Phi) is 2.86. The van der Waals surface area contributed by atoms with Crippen molar-refractivity contribution in [1.29, 1.82) is 0 Å². The van der Waals surface area contributed by atoms with E-state index in [0.717, 1.165) is 0 Å². The molecule has 1 rings (SSSR count). The average Bonchev–Trinajstić information content (AvgIpc) is 2.17. The molecule has 0 spiro atoms. The SMILES string of the molecule is CN[C@@](C)(C(=O)O)c1ccc(F)cc1. The van der Waals surface area contributed by atoms with Crippen LogP contribution >= 0.6 is 0 Å². The minimum Gasteiger partial charge on any atom is -0.480 e. The van der Waals surface area contributed by atoms with Gasteiger partial charge in [-0.2, -0.15) is 0 Å². The summed E-state index contributed by atoms with van der Waals surface area (Å²) < 4.78 is 12.6. The molecular formula is C10H12FNO2. The van der Waals surface area contributed by atoms with Gasteiger partial charge in [0.1, 0.15) is 11.4 Å². The van der Waals surface area contributed by atoms with Crippen molar-refractivity contribution < 1.29 is 14.3 Å². The van der Waals surface area contributed by atoms with E-state index in [1.807, 2.05) is 0 Å². The normalized spacial score (nSPS) is 14.8. The summed E-state index contributed by atoms with van der Waals surface area (Å²) >= 11 is 0. The maximum absolute atomic E-state index is 12.6. The maximum Gasteiger partial charge on any atom is 0.328 e. The summed E-state index contributed by atoms with van der Waals surface area (Å²) in [5.41, 5.74) is -0.651. The number of rotatable bonds is 3. The lowest BCUT2D eigenvalue weighted by Gasteiger charge is -2.24. The number of carbonyl (C=O) groups is 1. The number of carboxylic acid groups (broad SMARTS) is 1. The summed E-state index contributed by atoms with van der Waals surface area (Å²) in [5, 5.41) is 11.7. The number of hydrogen-bond acceptors (Lipinski definition) is 2. The molecule has 0 amide bonds. The van der Waals surface area contributed by atoms with E-state index < -0.39 is 11.5 Å². The van der Waals surface area contributed by atoms with Crippen LogP contribution in [-0.4, -0.2) is 18.1 Å². The Labute approximate surface area is 81.6 Å². The van der Waals surface area contributed by atoms with Crippen LogP contribution in [0.5, 0.6) is 0 Å². The van der Waals surface area contributed by atoms with E-state index in [1.54, 1.807) is 7.05 Å². The summed E-state index contributed by atoms with van der Waals surface area (Å²) in [7, 11) is 1.55. The van der Waals surface area contributed by atoms with Gasteiger partial charge in [-0.15, -0.1) is 0 Å². The minimum atomic E-state index is -1.17. The van der Waals surface area contributed by atoms with E-state index >= 15 is 0 Å². The molecule has 0 aliphatic carbocycles. The van der Waals surface area contributed by atoms with E-state index in [9.17, 15) is 9.18 Å². The summed E-state index contributed by atoms with van der Waals surface area (Å²) in [5.74, 6) is -1.37. The molecule has 0 radical (unpaired) electrons. The number of aliphatic carboxylic acids is 1. The predicted molar refractivity (Wildman–Crippen MR) is 50.4 cm³/mol. The summed E-state index contributed by atoms with van der Waals surface area (Å²) in [6.45, 7) is 1.53. The molecular weight excluding hydrogens is 185 g/mol. The Morgan fingerprint density at radius 1 is 1.43 bits per heavy atom. The van der Waals surface area contributed by atoms with Crippen molar-refractivity contribution in [3.05, 3.63) is 35.6 Å². The number of nitrogens with one attached hydrogen (secondary N) is 1. The number of carboxylic acids is 1. The van der Waals surface area contributed by atoms with Gasteiger partial charge in [0.2, 0.25) is 0 Å². The number of benzene rings is 1. The van der Waals surface area contributed by atoms with Crippen molar-refractivity contribution in [3.63, 3.8) is 0 Å². The third kappa shape index (κ3) is 1.75. The van der Waals surface area contributed by atoms with Crippen LogP contribution in [0.1, 0.15) is 12.5 Å². The highest BCUT2D eigenvalue weighted by molar-refractivity contribution is 5.80. The Bertz CT molecular complexity index is 336. The molecule has 0 bridgehead atoms. The maximum atomic E-state index is 12.6. The van der Waals surface area contributed by atoms with Gasteiger partial charge in [-0.05, 0) is 31.7 Å². The highest BCUT2D eigenvalue weighted by Crippen LogP contribution is 2.20. The molecule has 76 valence electrons. The van der Waals surface area contributed by atoms with Crippen LogP contribution in [0.3, 0.4) is 0 Å². The molecule has 1 aromatic rings. The summed E-state index contributed by atoms with van der Waals surface area (Å²) in [4.78, 5) is 11.0. The lowest BCUT2D eigenvalue weighted by Crippen LogP contribution is -2.44. The quantitative estimate of drug-likeness (QED) is 0.768. The van der Waals surface area contributed by atoms with E-state index in [0.29, 0.717) is 5.56 Å². The van der Waals surface area contributed by atoms with Crippen molar-refractivity contribution >= 4 is 5.97 Å². The molecule has 0 heterocycles. The van der Waals surface area contributed by atoms with Crippen molar-refractivity contribution in [3.8, 4) is 0 Å². The van der Waals surface area contributed by atoms with Gasteiger partial charge < -0.3 is 10.4 Å². The van der Waals surface area contributed by atoms with Gasteiger partial charge >= 0.3 is 5.97 Å². The zero-order valence-electron chi connectivity index (χ0n) is 8.04. The highest BCUT2D eigenvalue weighted by Gasteiger charge is 2.32. The predicted octanol–water partition coefficient (Wildman–Crippen LogP) is 1.34. The van der Waals surface area contributed by atoms with Crippen molar-refractivity contribution in [1.82, 2.24) is 5.32 Å². The molecule has 0 aromatic heterocycles. The fraction of sp³-hybridized carbons (Fsp3) is 0.300. The van der Waals surface area contributed by atoms with E-state index in [1.165, 1.54) is 31.2 Å². The number of halogens is 1. The van der Waals surface area contributed by atoms with Crippen LogP contribution in [0.4, 0.5) is 4.39 Å². The average molecular weight is 197 g/mol. The van der Waals surface area contributed by atoms with Crippen LogP contribution < -0.4 is 5.32 Å². The largest absolute Gasteiger partial charge is 0.480 e. The number of likely N-dealkylation sites (N-methyl/N-ethyl adjacent to an activating group) is 1. The molecule has 3 nitrogen and oxygen atoms in total. The summed E-state index contributed by atoms with van der Waals surface area (Å²) in [6, 6.07) is 5.40. The van der Waals surface area contributed by atoms with Gasteiger partial charge in [-0.3, -0.25) is 0 Å². The molecule has 0 unspecified atom stereocenters. The van der Waals surface area contributed by atoms with Crippen molar-refractivity contribution in [2.45, 2.75) is 12.5 Å². The first-order valence-corrected chi connectivity index (χ1v) is 4.19. The Morgan fingerprint density at radius 3 is 2.29 bits per heavy atom. The van der Waals surface area contributed by atoms with Crippen LogP contribution in [0.25, 0.3) is 0 Å². The topological polar surface area (TPSA) is 49.3 Å². The van der Waals surface area contributed by atoms with E-state index in [4.69, 9.17) is 5.11 Å². The zero-order chi connectivity index (χ0) is 10.8. The fourth-order valence-corrected chi connectivity index (χ4v) is 1.16. The first kappa shape index (κ1) is 10.7. The second kappa shape index (κ2) is 3.75. The van der Waals surface area contributed by atoms with Gasteiger partial charge in [-0.1, -0.05) is 12.1 Å². The zero-order valence-corrected chi connectivity index (χ0v) is 8.04. The monoisotopic (exact) mass is 197 g/mol. The van der Waals surface area contributed by atoms with Gasteiger partial charge in [0.15, 0.2) is 0 Å². The van der Waals surface area contributed by atoms with Crippen LogP contribution in [0.15, 0.2) is 24.3 Å². The van der Waals surface area contributed by atoms with E-state index in [2.05, 4.69) is 5.32 Å². The molecule has 14 heavy (non-hydrogen) atoms. The molecule has 2 N–H and O–H groups in total. The first-order chi connectivity index (χ1) is 6.50. The Hall–Kier alpha value is -1.42. The van der Waals surface area contributed by atoms with Crippen LogP contribution in [0.2, 0.25) is 0 Å². The van der Waals surface area contributed by atoms with E-state index in [-0.39, 0.29) is 5.82 Å². The third-order valence-corrected chi connectivity index (χ3v) is 2.35. The molecule has 0 fully saturated rings. The first-order valence-electron chi connectivity index (χ1n) is 4.19. The lowest BCUT2D eigenvalue weighted by molar-refractivity contribution is -0.144. The van der Waals surface area contributed by atoms with Crippen molar-refractivity contribution in [2.75, 3.05) is 7.05 Å².